The Balaban J connectivity index is 1.93. The minimum absolute atomic E-state index is 0.0970. The average molecular weight is 306 g/mol. The molecule has 0 saturated heterocycles. The number of thiophene rings is 1. The largest absolute Gasteiger partial charge is 0.477 e. The summed E-state index contributed by atoms with van der Waals surface area (Å²) in [6.07, 6.45) is 0. The number of nitrogens with zero attached hydrogens (tertiary/aromatic N) is 2. The van der Waals surface area contributed by atoms with E-state index in [1.807, 2.05) is 16.8 Å². The summed E-state index contributed by atoms with van der Waals surface area (Å²) in [4.78, 5) is 23.8. The number of benzene rings is 1. The molecule has 0 spiro atoms. The molecule has 2 aromatic rings. The third-order valence-corrected chi connectivity index (χ3v) is 3.57. The van der Waals surface area contributed by atoms with Crippen LogP contribution in [0, 0.1) is 10.1 Å². The number of nitro groups is 1. The molecular weight excluding hydrogens is 292 g/mol. The first-order valence-corrected chi connectivity index (χ1v) is 7.13. The second-order valence-electron chi connectivity index (χ2n) is 4.39. The molecule has 1 aromatic heterocycles. The topological polar surface area (TPSA) is 72.7 Å². The molecule has 110 valence electrons. The highest BCUT2D eigenvalue weighted by molar-refractivity contribution is 7.07. The Hall–Kier alpha value is -2.41. The van der Waals surface area contributed by atoms with Gasteiger partial charge in [-0.25, -0.2) is 0 Å². The molecule has 0 bridgehead atoms. The predicted octanol–water partition coefficient (Wildman–Crippen LogP) is 2.69. The summed E-state index contributed by atoms with van der Waals surface area (Å²) in [5.41, 5.74) is 0.896. The first kappa shape index (κ1) is 15.0. The lowest BCUT2D eigenvalue weighted by atomic mass is 10.3. The number of hydrogen-bond donors (Lipinski definition) is 0. The average Bonchev–Trinajstić information content (AvgIpc) is 2.97. The Morgan fingerprint density at radius 2 is 2.14 bits per heavy atom. The van der Waals surface area contributed by atoms with Crippen LogP contribution in [-0.4, -0.2) is 29.4 Å². The van der Waals surface area contributed by atoms with Crippen molar-refractivity contribution in [1.29, 1.82) is 0 Å². The number of carbonyl (C=O) groups excluding carboxylic acids is 1. The Labute approximate surface area is 125 Å². The summed E-state index contributed by atoms with van der Waals surface area (Å²) in [6.45, 7) is 0.258. The fourth-order valence-corrected chi connectivity index (χ4v) is 2.38. The standard InChI is InChI=1S/C14H14N2O4S/c1-15(8-11-6-7-21-10-11)14(17)9-20-13-5-3-2-4-12(13)16(18)19/h2-7,10H,8-9H2,1H3. The maximum absolute atomic E-state index is 12.0. The highest BCUT2D eigenvalue weighted by Crippen LogP contribution is 2.25. The molecule has 1 heterocycles. The zero-order valence-electron chi connectivity index (χ0n) is 11.4. The van der Waals surface area contributed by atoms with Gasteiger partial charge in [0.15, 0.2) is 12.4 Å². The van der Waals surface area contributed by atoms with Crippen LogP contribution < -0.4 is 4.74 Å². The van der Waals surface area contributed by atoms with Gasteiger partial charge in [-0.05, 0) is 28.5 Å². The van der Waals surface area contributed by atoms with Crippen molar-refractivity contribution in [3.63, 3.8) is 0 Å². The lowest BCUT2D eigenvalue weighted by molar-refractivity contribution is -0.385. The van der Waals surface area contributed by atoms with Crippen molar-refractivity contribution in [3.05, 3.63) is 56.8 Å². The van der Waals surface area contributed by atoms with Crippen LogP contribution in [-0.2, 0) is 11.3 Å². The first-order valence-electron chi connectivity index (χ1n) is 6.19. The quantitative estimate of drug-likeness (QED) is 0.607. The molecule has 0 aliphatic carbocycles. The Bertz CT molecular complexity index is 628. The van der Waals surface area contributed by atoms with Crippen LogP contribution in [0.2, 0.25) is 0 Å². The summed E-state index contributed by atoms with van der Waals surface area (Å²) in [5.74, 6) is -0.140. The van der Waals surface area contributed by atoms with Gasteiger partial charge < -0.3 is 9.64 Å². The fraction of sp³-hybridized carbons (Fsp3) is 0.214. The van der Waals surface area contributed by atoms with Crippen LogP contribution in [0.4, 0.5) is 5.69 Å². The molecule has 0 atom stereocenters. The summed E-state index contributed by atoms with van der Waals surface area (Å²) < 4.78 is 5.27. The van der Waals surface area contributed by atoms with Crippen LogP contribution in [0.3, 0.4) is 0 Å². The van der Waals surface area contributed by atoms with Crippen molar-refractivity contribution < 1.29 is 14.5 Å². The van der Waals surface area contributed by atoms with Crippen LogP contribution in [0.15, 0.2) is 41.1 Å². The summed E-state index contributed by atoms with van der Waals surface area (Å²) in [7, 11) is 1.67. The molecule has 6 nitrogen and oxygen atoms in total. The number of hydrogen-bond acceptors (Lipinski definition) is 5. The van der Waals surface area contributed by atoms with E-state index in [1.54, 1.807) is 30.5 Å². The Kier molecular flexibility index (Phi) is 4.89. The van der Waals surface area contributed by atoms with E-state index < -0.39 is 4.92 Å². The normalized spacial score (nSPS) is 10.1. The molecule has 0 fully saturated rings. The summed E-state index contributed by atoms with van der Waals surface area (Å²) >= 11 is 1.56. The Morgan fingerprint density at radius 3 is 2.81 bits per heavy atom. The number of likely N-dealkylation sites (N-methyl/N-ethyl adjacent to an activating group) is 1. The Morgan fingerprint density at radius 1 is 1.38 bits per heavy atom. The smallest absolute Gasteiger partial charge is 0.310 e. The molecule has 0 N–H and O–H groups in total. The maximum Gasteiger partial charge on any atom is 0.310 e. The third kappa shape index (κ3) is 4.03. The molecular formula is C14H14N2O4S. The number of carbonyl (C=O) groups is 1. The van der Waals surface area contributed by atoms with Gasteiger partial charge in [-0.15, -0.1) is 0 Å². The van der Waals surface area contributed by atoms with E-state index in [0.29, 0.717) is 6.54 Å². The van der Waals surface area contributed by atoms with Crippen LogP contribution in [0.25, 0.3) is 0 Å². The molecule has 7 heteroatoms. The van der Waals surface area contributed by atoms with Gasteiger partial charge in [-0.3, -0.25) is 14.9 Å². The molecule has 0 saturated carbocycles. The van der Waals surface area contributed by atoms with E-state index in [-0.39, 0.29) is 24.0 Å². The van der Waals surface area contributed by atoms with E-state index in [4.69, 9.17) is 4.74 Å². The fourth-order valence-electron chi connectivity index (χ4n) is 1.72. The van der Waals surface area contributed by atoms with Gasteiger partial charge >= 0.3 is 5.69 Å². The lowest BCUT2D eigenvalue weighted by Gasteiger charge is -2.16. The zero-order valence-corrected chi connectivity index (χ0v) is 12.2. The highest BCUT2D eigenvalue weighted by atomic mass is 32.1. The van der Waals surface area contributed by atoms with Crippen molar-refractivity contribution in [2.24, 2.45) is 0 Å². The molecule has 0 unspecified atom stereocenters. The molecule has 0 aliphatic heterocycles. The monoisotopic (exact) mass is 306 g/mol. The third-order valence-electron chi connectivity index (χ3n) is 2.84. The van der Waals surface area contributed by atoms with E-state index in [0.717, 1.165) is 5.56 Å². The second-order valence-corrected chi connectivity index (χ2v) is 5.17. The SMILES string of the molecule is CN(Cc1ccsc1)C(=O)COc1ccccc1[N+](=O)[O-]. The minimum atomic E-state index is -0.533. The van der Waals surface area contributed by atoms with Gasteiger partial charge in [0, 0.05) is 19.7 Å². The molecule has 1 amide bonds. The summed E-state index contributed by atoms with van der Waals surface area (Å²) in [5, 5.41) is 14.8. The highest BCUT2D eigenvalue weighted by Gasteiger charge is 2.16. The molecule has 21 heavy (non-hydrogen) atoms. The number of nitro benzene ring substituents is 1. The van der Waals surface area contributed by atoms with Crippen molar-refractivity contribution in [1.82, 2.24) is 4.90 Å². The second kappa shape index (κ2) is 6.85. The van der Waals surface area contributed by atoms with Crippen LogP contribution in [0.5, 0.6) is 5.75 Å². The number of amides is 1. The maximum atomic E-state index is 12.0. The minimum Gasteiger partial charge on any atom is -0.477 e. The van der Waals surface area contributed by atoms with E-state index in [1.165, 1.54) is 17.0 Å². The predicted molar refractivity (Wildman–Crippen MR) is 79.4 cm³/mol. The van der Waals surface area contributed by atoms with Crippen molar-refractivity contribution >= 4 is 22.9 Å². The van der Waals surface area contributed by atoms with Gasteiger partial charge in [0.1, 0.15) is 0 Å². The molecule has 1 aromatic carbocycles. The first-order chi connectivity index (χ1) is 10.1. The van der Waals surface area contributed by atoms with Gasteiger partial charge in [0.2, 0.25) is 0 Å². The number of para-hydroxylation sites is 2. The van der Waals surface area contributed by atoms with E-state index in [2.05, 4.69) is 0 Å². The lowest BCUT2D eigenvalue weighted by Crippen LogP contribution is -2.30. The number of rotatable bonds is 6. The van der Waals surface area contributed by atoms with Gasteiger partial charge in [0.25, 0.3) is 5.91 Å². The van der Waals surface area contributed by atoms with Crippen LogP contribution >= 0.6 is 11.3 Å². The van der Waals surface area contributed by atoms with Gasteiger partial charge in [0.05, 0.1) is 4.92 Å². The molecule has 0 radical (unpaired) electrons. The van der Waals surface area contributed by atoms with Gasteiger partial charge in [-0.1, -0.05) is 12.1 Å². The molecule has 0 aliphatic rings. The van der Waals surface area contributed by atoms with Crippen molar-refractivity contribution in [2.75, 3.05) is 13.7 Å². The van der Waals surface area contributed by atoms with Crippen LogP contribution in [0.1, 0.15) is 5.56 Å². The van der Waals surface area contributed by atoms with Gasteiger partial charge in [-0.2, -0.15) is 11.3 Å². The van der Waals surface area contributed by atoms with Crippen molar-refractivity contribution in [3.8, 4) is 5.75 Å². The summed E-state index contributed by atoms with van der Waals surface area (Å²) in [6, 6.07) is 7.94. The van der Waals surface area contributed by atoms with E-state index >= 15 is 0 Å². The van der Waals surface area contributed by atoms with Crippen molar-refractivity contribution in [2.45, 2.75) is 6.54 Å². The van der Waals surface area contributed by atoms with E-state index in [9.17, 15) is 14.9 Å². The zero-order chi connectivity index (χ0) is 15.2. The molecule has 2 rings (SSSR count). The number of ether oxygens (including phenoxy) is 1.